The lowest BCUT2D eigenvalue weighted by Crippen LogP contribution is -2.12. The van der Waals surface area contributed by atoms with Crippen LogP contribution < -0.4 is 0 Å². The van der Waals surface area contributed by atoms with Crippen LogP contribution in [0.5, 0.6) is 5.75 Å². The molecule has 1 N–H and O–H groups in total. The molecule has 0 spiro atoms. The second kappa shape index (κ2) is 3.60. The van der Waals surface area contributed by atoms with E-state index in [1.165, 1.54) is 0 Å². The highest BCUT2D eigenvalue weighted by Gasteiger charge is 2.25. The van der Waals surface area contributed by atoms with Gasteiger partial charge in [0.15, 0.2) is 5.78 Å². The molecule has 0 heterocycles. The molecule has 0 fully saturated rings. The standard InChI is InChI=1S/C14H9ClO2/c15-11-6-5-10-12(16)7-8-3-1-2-4-9(8)13(10)14(11)17/h1-6,17H,7H2. The van der Waals surface area contributed by atoms with E-state index in [9.17, 15) is 9.90 Å². The van der Waals surface area contributed by atoms with E-state index < -0.39 is 0 Å². The molecule has 84 valence electrons. The summed E-state index contributed by atoms with van der Waals surface area (Å²) in [7, 11) is 0. The Hall–Kier alpha value is -1.80. The van der Waals surface area contributed by atoms with Crippen LogP contribution in [0.4, 0.5) is 0 Å². The van der Waals surface area contributed by atoms with Crippen LogP contribution in [0.2, 0.25) is 5.02 Å². The van der Waals surface area contributed by atoms with E-state index in [1.807, 2.05) is 24.3 Å². The number of carbonyl (C=O) groups is 1. The zero-order chi connectivity index (χ0) is 12.0. The molecule has 0 saturated carbocycles. The number of carbonyl (C=O) groups excluding carboxylic acids is 1. The molecule has 1 aliphatic rings. The lowest BCUT2D eigenvalue weighted by Gasteiger charge is -2.20. The molecule has 3 heteroatoms. The van der Waals surface area contributed by atoms with Crippen molar-refractivity contribution in [2.45, 2.75) is 6.42 Å². The third-order valence-electron chi connectivity index (χ3n) is 3.07. The number of phenols is 1. The highest BCUT2D eigenvalue weighted by atomic mass is 35.5. The molecule has 0 saturated heterocycles. The summed E-state index contributed by atoms with van der Waals surface area (Å²) in [6.07, 6.45) is 0.379. The van der Waals surface area contributed by atoms with Crippen LogP contribution in [0.25, 0.3) is 11.1 Å². The summed E-state index contributed by atoms with van der Waals surface area (Å²) < 4.78 is 0. The second-order valence-corrected chi connectivity index (χ2v) is 4.48. The fourth-order valence-corrected chi connectivity index (χ4v) is 2.41. The Morgan fingerprint density at radius 2 is 1.82 bits per heavy atom. The van der Waals surface area contributed by atoms with Crippen molar-refractivity contribution in [2.24, 2.45) is 0 Å². The molecule has 0 unspecified atom stereocenters. The van der Waals surface area contributed by atoms with Gasteiger partial charge in [-0.2, -0.15) is 0 Å². The average molecular weight is 245 g/mol. The summed E-state index contributed by atoms with van der Waals surface area (Å²) in [5.41, 5.74) is 2.93. The number of Topliss-reactive ketones (excluding diaryl/α,β-unsaturated/α-hetero) is 1. The SMILES string of the molecule is O=C1Cc2ccccc2-c2c1ccc(Cl)c2O. The van der Waals surface area contributed by atoms with Crippen LogP contribution in [-0.2, 0) is 6.42 Å². The van der Waals surface area contributed by atoms with Gasteiger partial charge in [0.1, 0.15) is 5.75 Å². The van der Waals surface area contributed by atoms with E-state index in [2.05, 4.69) is 0 Å². The second-order valence-electron chi connectivity index (χ2n) is 4.08. The summed E-state index contributed by atoms with van der Waals surface area (Å²) in [6, 6.07) is 10.8. The van der Waals surface area contributed by atoms with Crippen molar-refractivity contribution in [2.75, 3.05) is 0 Å². The molecule has 17 heavy (non-hydrogen) atoms. The number of fused-ring (bicyclic) bond motifs is 3. The van der Waals surface area contributed by atoms with Crippen LogP contribution in [0.3, 0.4) is 0 Å². The lowest BCUT2D eigenvalue weighted by atomic mass is 9.84. The van der Waals surface area contributed by atoms with Crippen molar-refractivity contribution in [1.82, 2.24) is 0 Å². The number of hydrogen-bond acceptors (Lipinski definition) is 2. The highest BCUT2D eigenvalue weighted by molar-refractivity contribution is 6.33. The number of hydrogen-bond donors (Lipinski definition) is 1. The van der Waals surface area contributed by atoms with Crippen molar-refractivity contribution in [3.8, 4) is 16.9 Å². The fourth-order valence-electron chi connectivity index (χ4n) is 2.26. The minimum absolute atomic E-state index is 0.00957. The summed E-state index contributed by atoms with van der Waals surface area (Å²) in [5.74, 6) is 0.00957. The van der Waals surface area contributed by atoms with Crippen molar-refractivity contribution in [3.63, 3.8) is 0 Å². The van der Waals surface area contributed by atoms with E-state index in [-0.39, 0.29) is 16.6 Å². The molecular weight excluding hydrogens is 236 g/mol. The fraction of sp³-hybridized carbons (Fsp3) is 0.0714. The Labute approximate surface area is 103 Å². The zero-order valence-corrected chi connectivity index (χ0v) is 9.66. The first-order valence-electron chi connectivity index (χ1n) is 5.31. The lowest BCUT2D eigenvalue weighted by molar-refractivity contribution is 0.0991. The van der Waals surface area contributed by atoms with Crippen LogP contribution in [0.1, 0.15) is 15.9 Å². The molecule has 0 radical (unpaired) electrons. The normalized spacial score (nSPS) is 13.1. The third kappa shape index (κ3) is 1.45. The van der Waals surface area contributed by atoms with E-state index in [1.54, 1.807) is 12.1 Å². The first kappa shape index (κ1) is 10.4. The van der Waals surface area contributed by atoms with Gasteiger partial charge >= 0.3 is 0 Å². The highest BCUT2D eigenvalue weighted by Crippen LogP contribution is 2.42. The van der Waals surface area contributed by atoms with Gasteiger partial charge in [-0.1, -0.05) is 35.9 Å². The van der Waals surface area contributed by atoms with E-state index in [0.717, 1.165) is 11.1 Å². The number of rotatable bonds is 0. The van der Waals surface area contributed by atoms with Gasteiger partial charge in [-0.3, -0.25) is 4.79 Å². The van der Waals surface area contributed by atoms with Gasteiger partial charge in [0.05, 0.1) is 5.02 Å². The first-order valence-corrected chi connectivity index (χ1v) is 5.69. The molecule has 2 nitrogen and oxygen atoms in total. The molecular formula is C14H9ClO2. The Kier molecular flexibility index (Phi) is 2.20. The van der Waals surface area contributed by atoms with E-state index in [0.29, 0.717) is 17.5 Å². The predicted molar refractivity (Wildman–Crippen MR) is 66.6 cm³/mol. The summed E-state index contributed by atoms with van der Waals surface area (Å²) in [4.78, 5) is 12.0. The Morgan fingerprint density at radius 3 is 2.65 bits per heavy atom. The molecule has 0 aliphatic heterocycles. The van der Waals surface area contributed by atoms with Gasteiger partial charge in [-0.25, -0.2) is 0 Å². The molecule has 2 aromatic rings. The third-order valence-corrected chi connectivity index (χ3v) is 3.37. The molecule has 0 bridgehead atoms. The van der Waals surface area contributed by atoms with Crippen LogP contribution in [0.15, 0.2) is 36.4 Å². The van der Waals surface area contributed by atoms with Gasteiger partial charge in [-0.15, -0.1) is 0 Å². The van der Waals surface area contributed by atoms with Gasteiger partial charge in [0.2, 0.25) is 0 Å². The smallest absolute Gasteiger partial charge is 0.168 e. The number of phenolic OH excluding ortho intramolecular Hbond substituents is 1. The van der Waals surface area contributed by atoms with Crippen LogP contribution >= 0.6 is 11.6 Å². The minimum Gasteiger partial charge on any atom is -0.506 e. The molecule has 2 aromatic carbocycles. The Balaban J connectivity index is 2.40. The van der Waals surface area contributed by atoms with Gasteiger partial charge in [0, 0.05) is 17.5 Å². The molecule has 1 aliphatic carbocycles. The zero-order valence-electron chi connectivity index (χ0n) is 8.90. The maximum absolute atomic E-state index is 12.0. The van der Waals surface area contributed by atoms with Gasteiger partial charge in [0.25, 0.3) is 0 Å². The minimum atomic E-state index is -0.00957. The van der Waals surface area contributed by atoms with E-state index >= 15 is 0 Å². The van der Waals surface area contributed by atoms with Crippen molar-refractivity contribution in [1.29, 1.82) is 0 Å². The average Bonchev–Trinajstić information content (AvgIpc) is 2.33. The maximum atomic E-state index is 12.0. The monoisotopic (exact) mass is 244 g/mol. The Bertz CT molecular complexity index is 632. The largest absolute Gasteiger partial charge is 0.506 e. The number of benzene rings is 2. The maximum Gasteiger partial charge on any atom is 0.168 e. The number of aromatic hydroxyl groups is 1. The summed E-state index contributed by atoms with van der Waals surface area (Å²) >= 11 is 5.90. The first-order chi connectivity index (χ1) is 8.18. The van der Waals surface area contributed by atoms with Crippen molar-refractivity contribution >= 4 is 17.4 Å². The Morgan fingerprint density at radius 1 is 1.06 bits per heavy atom. The van der Waals surface area contributed by atoms with E-state index in [4.69, 9.17) is 11.6 Å². The molecule has 3 rings (SSSR count). The predicted octanol–water partition coefficient (Wildman–Crippen LogP) is 3.45. The van der Waals surface area contributed by atoms with Crippen LogP contribution in [0, 0.1) is 0 Å². The van der Waals surface area contributed by atoms with Crippen molar-refractivity contribution < 1.29 is 9.90 Å². The molecule has 0 amide bonds. The molecule has 0 atom stereocenters. The topological polar surface area (TPSA) is 37.3 Å². The van der Waals surface area contributed by atoms with Gasteiger partial charge < -0.3 is 5.11 Å². The summed E-state index contributed by atoms with van der Waals surface area (Å²) in [6.45, 7) is 0. The van der Waals surface area contributed by atoms with Crippen molar-refractivity contribution in [3.05, 3.63) is 52.5 Å². The number of halogens is 1. The van der Waals surface area contributed by atoms with Crippen LogP contribution in [-0.4, -0.2) is 10.9 Å². The summed E-state index contributed by atoms with van der Waals surface area (Å²) in [5, 5.41) is 10.3. The molecule has 0 aromatic heterocycles. The van der Waals surface area contributed by atoms with Gasteiger partial charge in [-0.05, 0) is 23.3 Å². The quantitative estimate of drug-likeness (QED) is 0.771. The number of ketones is 1.